The minimum Gasteiger partial charge on any atom is -0.390 e. The number of imidazole rings is 1. The Hall–Kier alpha value is -0.830. The number of aromatic nitrogens is 2. The molecular weight excluding hydrogens is 188 g/mol. The number of hydrogen-bond acceptors (Lipinski definition) is 2. The van der Waals surface area contributed by atoms with E-state index in [0.717, 1.165) is 38.6 Å². The van der Waals surface area contributed by atoms with Crippen molar-refractivity contribution in [3.63, 3.8) is 0 Å². The van der Waals surface area contributed by atoms with Crippen LogP contribution in [-0.4, -0.2) is 20.3 Å². The van der Waals surface area contributed by atoms with Crippen molar-refractivity contribution in [2.45, 2.75) is 57.1 Å². The maximum Gasteiger partial charge on any atom is 0.108 e. The Morgan fingerprint density at radius 1 is 1.40 bits per heavy atom. The first-order valence-electron chi connectivity index (χ1n) is 6.03. The molecule has 1 aromatic rings. The lowest BCUT2D eigenvalue weighted by Crippen LogP contribution is -2.08. The summed E-state index contributed by atoms with van der Waals surface area (Å²) in [5, 5.41) is 9.76. The van der Waals surface area contributed by atoms with Gasteiger partial charge in [-0.3, -0.25) is 0 Å². The van der Waals surface area contributed by atoms with Crippen molar-refractivity contribution in [2.24, 2.45) is 0 Å². The molecule has 1 N–H and O–H groups in total. The first-order chi connectivity index (χ1) is 7.25. The van der Waals surface area contributed by atoms with Crippen molar-refractivity contribution in [1.82, 2.24) is 9.55 Å². The zero-order chi connectivity index (χ0) is 10.3. The summed E-state index contributed by atoms with van der Waals surface area (Å²) in [6.45, 7) is 1.13. The largest absolute Gasteiger partial charge is 0.390 e. The molecule has 0 spiro atoms. The fourth-order valence-corrected chi connectivity index (χ4v) is 2.35. The molecule has 0 aromatic carbocycles. The van der Waals surface area contributed by atoms with E-state index in [-0.39, 0.29) is 5.60 Å². The van der Waals surface area contributed by atoms with Crippen LogP contribution in [0.4, 0.5) is 0 Å². The molecule has 1 aliphatic heterocycles. The molecule has 1 saturated carbocycles. The fraction of sp³-hybridized carbons (Fsp3) is 0.750. The predicted molar refractivity (Wildman–Crippen MR) is 57.7 cm³/mol. The normalized spacial score (nSPS) is 22.5. The SMILES string of the molecule is OC1(CCc2cn3c(n2)CCCC3)CC1. The topological polar surface area (TPSA) is 38.0 Å². The van der Waals surface area contributed by atoms with Crippen molar-refractivity contribution >= 4 is 0 Å². The third-order valence-electron chi connectivity index (χ3n) is 3.63. The van der Waals surface area contributed by atoms with Gasteiger partial charge in [0, 0.05) is 19.2 Å². The number of fused-ring (bicyclic) bond motifs is 1. The maximum atomic E-state index is 9.76. The maximum absolute atomic E-state index is 9.76. The van der Waals surface area contributed by atoms with Crippen molar-refractivity contribution in [3.05, 3.63) is 17.7 Å². The molecule has 0 amide bonds. The molecule has 0 atom stereocenters. The summed E-state index contributed by atoms with van der Waals surface area (Å²) in [5.74, 6) is 1.25. The Morgan fingerprint density at radius 3 is 3.00 bits per heavy atom. The summed E-state index contributed by atoms with van der Waals surface area (Å²) >= 11 is 0. The van der Waals surface area contributed by atoms with E-state index >= 15 is 0 Å². The predicted octanol–water partition coefficient (Wildman–Crippen LogP) is 1.68. The van der Waals surface area contributed by atoms with Crippen molar-refractivity contribution in [2.75, 3.05) is 0 Å². The molecule has 1 aromatic heterocycles. The minimum atomic E-state index is -0.329. The average molecular weight is 206 g/mol. The summed E-state index contributed by atoms with van der Waals surface area (Å²) in [5.41, 5.74) is 0.844. The second kappa shape index (κ2) is 3.34. The smallest absolute Gasteiger partial charge is 0.108 e. The van der Waals surface area contributed by atoms with E-state index in [0.29, 0.717) is 0 Å². The van der Waals surface area contributed by atoms with Gasteiger partial charge < -0.3 is 9.67 Å². The number of rotatable bonds is 3. The molecule has 15 heavy (non-hydrogen) atoms. The molecule has 3 nitrogen and oxygen atoms in total. The summed E-state index contributed by atoms with van der Waals surface area (Å²) in [4.78, 5) is 4.63. The van der Waals surface area contributed by atoms with Gasteiger partial charge in [-0.05, 0) is 38.5 Å². The van der Waals surface area contributed by atoms with Gasteiger partial charge in [0.15, 0.2) is 0 Å². The van der Waals surface area contributed by atoms with Gasteiger partial charge in [0.1, 0.15) is 5.82 Å². The zero-order valence-corrected chi connectivity index (χ0v) is 9.08. The number of aliphatic hydroxyl groups is 1. The molecule has 3 heteroatoms. The third-order valence-corrected chi connectivity index (χ3v) is 3.63. The van der Waals surface area contributed by atoms with E-state index in [1.165, 1.54) is 24.4 Å². The van der Waals surface area contributed by atoms with E-state index in [1.54, 1.807) is 0 Å². The highest BCUT2D eigenvalue weighted by atomic mass is 16.3. The van der Waals surface area contributed by atoms with Gasteiger partial charge in [0.05, 0.1) is 11.3 Å². The molecule has 0 radical (unpaired) electrons. The Kier molecular flexibility index (Phi) is 2.09. The summed E-state index contributed by atoms with van der Waals surface area (Å²) < 4.78 is 2.29. The Morgan fingerprint density at radius 2 is 2.27 bits per heavy atom. The fourth-order valence-electron chi connectivity index (χ4n) is 2.35. The molecule has 82 valence electrons. The summed E-state index contributed by atoms with van der Waals surface area (Å²) in [6, 6.07) is 0. The highest BCUT2D eigenvalue weighted by Gasteiger charge is 2.39. The van der Waals surface area contributed by atoms with Crippen molar-refractivity contribution in [1.29, 1.82) is 0 Å². The highest BCUT2D eigenvalue weighted by Crippen LogP contribution is 2.39. The molecule has 1 fully saturated rings. The van der Waals surface area contributed by atoms with Crippen LogP contribution in [0.5, 0.6) is 0 Å². The van der Waals surface area contributed by atoms with Gasteiger partial charge >= 0.3 is 0 Å². The molecule has 3 rings (SSSR count). The van der Waals surface area contributed by atoms with Crippen LogP contribution in [0, 0.1) is 0 Å². The first kappa shape index (κ1) is 9.40. The van der Waals surface area contributed by atoms with Gasteiger partial charge in [-0.25, -0.2) is 4.98 Å². The van der Waals surface area contributed by atoms with Crippen LogP contribution in [0.15, 0.2) is 6.20 Å². The van der Waals surface area contributed by atoms with Gasteiger partial charge in [-0.1, -0.05) is 0 Å². The van der Waals surface area contributed by atoms with Crippen LogP contribution in [0.1, 0.15) is 43.6 Å². The second-order valence-electron chi connectivity index (χ2n) is 5.02. The van der Waals surface area contributed by atoms with E-state index in [4.69, 9.17) is 0 Å². The molecule has 2 heterocycles. The van der Waals surface area contributed by atoms with Gasteiger partial charge in [-0.2, -0.15) is 0 Å². The van der Waals surface area contributed by atoms with Crippen LogP contribution < -0.4 is 0 Å². The van der Waals surface area contributed by atoms with Crippen LogP contribution in [0.3, 0.4) is 0 Å². The second-order valence-corrected chi connectivity index (χ2v) is 5.02. The van der Waals surface area contributed by atoms with Crippen LogP contribution in [0.2, 0.25) is 0 Å². The van der Waals surface area contributed by atoms with E-state index in [2.05, 4.69) is 15.7 Å². The van der Waals surface area contributed by atoms with Gasteiger partial charge in [0.2, 0.25) is 0 Å². The number of hydrogen-bond donors (Lipinski definition) is 1. The Bertz CT molecular complexity index is 342. The molecule has 2 aliphatic rings. The number of aryl methyl sites for hydroxylation is 3. The molecule has 1 aliphatic carbocycles. The van der Waals surface area contributed by atoms with Crippen molar-refractivity contribution in [3.8, 4) is 0 Å². The van der Waals surface area contributed by atoms with Gasteiger partial charge in [0.25, 0.3) is 0 Å². The molecule has 0 unspecified atom stereocenters. The van der Waals surface area contributed by atoms with E-state index in [9.17, 15) is 5.11 Å². The Labute approximate surface area is 90.1 Å². The Balaban J connectivity index is 1.67. The molecule has 0 bridgehead atoms. The van der Waals surface area contributed by atoms with E-state index < -0.39 is 0 Å². The first-order valence-corrected chi connectivity index (χ1v) is 6.03. The standard InChI is InChI=1S/C12H18N2O/c15-12(6-7-12)5-4-10-9-14-8-2-1-3-11(14)13-10/h9,15H,1-8H2. The minimum absolute atomic E-state index is 0.329. The zero-order valence-electron chi connectivity index (χ0n) is 9.08. The lowest BCUT2D eigenvalue weighted by atomic mass is 10.1. The summed E-state index contributed by atoms with van der Waals surface area (Å²) in [6.07, 6.45) is 9.68. The third kappa shape index (κ3) is 1.93. The molecule has 0 saturated heterocycles. The van der Waals surface area contributed by atoms with E-state index in [1.807, 2.05) is 0 Å². The summed E-state index contributed by atoms with van der Waals surface area (Å²) in [7, 11) is 0. The van der Waals surface area contributed by atoms with Crippen LogP contribution >= 0.6 is 0 Å². The average Bonchev–Trinajstić information content (AvgIpc) is 2.83. The monoisotopic (exact) mass is 206 g/mol. The quantitative estimate of drug-likeness (QED) is 0.817. The van der Waals surface area contributed by atoms with Crippen LogP contribution in [0.25, 0.3) is 0 Å². The van der Waals surface area contributed by atoms with Gasteiger partial charge in [-0.15, -0.1) is 0 Å². The number of nitrogens with zero attached hydrogens (tertiary/aromatic N) is 2. The lowest BCUT2D eigenvalue weighted by molar-refractivity contribution is 0.140. The lowest BCUT2D eigenvalue weighted by Gasteiger charge is -2.11. The van der Waals surface area contributed by atoms with Crippen LogP contribution in [-0.2, 0) is 19.4 Å². The highest BCUT2D eigenvalue weighted by molar-refractivity contribution is 5.08. The van der Waals surface area contributed by atoms with Crippen molar-refractivity contribution < 1.29 is 5.11 Å². The molecular formula is C12H18N2O.